The molecule has 2 aromatic carbocycles. The smallest absolute Gasteiger partial charge is 0.203 e. The van der Waals surface area contributed by atoms with E-state index in [1.807, 2.05) is 25.1 Å². The summed E-state index contributed by atoms with van der Waals surface area (Å²) in [5.41, 5.74) is 5.55. The minimum absolute atomic E-state index is 0.593. The van der Waals surface area contributed by atoms with Crippen molar-refractivity contribution >= 4 is 11.3 Å². The van der Waals surface area contributed by atoms with Crippen molar-refractivity contribution in [2.24, 2.45) is 0 Å². The second-order valence-electron chi connectivity index (χ2n) is 5.80. The zero-order chi connectivity index (χ0) is 18.7. The van der Waals surface area contributed by atoms with E-state index >= 15 is 0 Å². The van der Waals surface area contributed by atoms with Crippen LogP contribution in [0.25, 0.3) is 22.3 Å². The van der Waals surface area contributed by atoms with Gasteiger partial charge in [0.2, 0.25) is 5.75 Å². The molecule has 4 nitrogen and oxygen atoms in total. The number of ether oxygens (including phenoxy) is 4. The van der Waals surface area contributed by atoms with Crippen molar-refractivity contribution in [1.29, 1.82) is 0 Å². The molecule has 0 aliphatic heterocycles. The van der Waals surface area contributed by atoms with Gasteiger partial charge < -0.3 is 18.9 Å². The van der Waals surface area contributed by atoms with Crippen molar-refractivity contribution in [2.45, 2.75) is 6.92 Å². The Balaban J connectivity index is 2.13. The van der Waals surface area contributed by atoms with Crippen LogP contribution < -0.4 is 18.9 Å². The number of aryl methyl sites for hydroxylation is 1. The maximum Gasteiger partial charge on any atom is 0.203 e. The molecule has 26 heavy (non-hydrogen) atoms. The topological polar surface area (TPSA) is 36.9 Å². The quantitative estimate of drug-likeness (QED) is 0.580. The minimum Gasteiger partial charge on any atom is -0.496 e. The number of hydrogen-bond acceptors (Lipinski definition) is 5. The Morgan fingerprint density at radius 3 is 1.73 bits per heavy atom. The fourth-order valence-corrected chi connectivity index (χ4v) is 3.89. The van der Waals surface area contributed by atoms with Crippen molar-refractivity contribution in [3.05, 3.63) is 46.7 Å². The Morgan fingerprint density at radius 1 is 0.654 bits per heavy atom. The van der Waals surface area contributed by atoms with Gasteiger partial charge in [0.25, 0.3) is 0 Å². The van der Waals surface area contributed by atoms with Crippen LogP contribution in [0.15, 0.2) is 41.1 Å². The molecule has 0 fully saturated rings. The zero-order valence-corrected chi connectivity index (χ0v) is 16.4. The first-order valence-electron chi connectivity index (χ1n) is 8.14. The Hall–Kier alpha value is -2.66. The first-order chi connectivity index (χ1) is 12.6. The number of thiophene rings is 1. The van der Waals surface area contributed by atoms with Gasteiger partial charge in [0.15, 0.2) is 11.5 Å². The van der Waals surface area contributed by atoms with E-state index in [0.717, 1.165) is 33.6 Å². The van der Waals surface area contributed by atoms with Gasteiger partial charge >= 0.3 is 0 Å². The monoisotopic (exact) mass is 370 g/mol. The van der Waals surface area contributed by atoms with Crippen LogP contribution >= 0.6 is 11.3 Å². The number of rotatable bonds is 6. The van der Waals surface area contributed by atoms with Crippen molar-refractivity contribution in [1.82, 2.24) is 0 Å². The molecule has 0 saturated carbocycles. The molecule has 1 aromatic heterocycles. The molecule has 0 unspecified atom stereocenters. The van der Waals surface area contributed by atoms with Crippen molar-refractivity contribution in [3.8, 4) is 45.3 Å². The van der Waals surface area contributed by atoms with Gasteiger partial charge in [0.05, 0.1) is 28.4 Å². The average Bonchev–Trinajstić information content (AvgIpc) is 3.16. The summed E-state index contributed by atoms with van der Waals surface area (Å²) in [6.07, 6.45) is 0. The molecular formula is C21H22O4S. The fourth-order valence-electron chi connectivity index (χ4n) is 3.03. The molecule has 5 heteroatoms. The third-order valence-corrected chi connectivity index (χ3v) is 5.09. The molecule has 0 amide bonds. The standard InChI is InChI=1S/C21H22O4S/c1-13-8-14(6-7-18(13)22-2)16-11-26-12-17(16)15-9-19(23-3)21(25-5)20(10-15)24-4/h6-12H,1-5H3. The van der Waals surface area contributed by atoms with E-state index in [1.54, 1.807) is 39.8 Å². The molecule has 0 aliphatic carbocycles. The molecule has 0 N–H and O–H groups in total. The predicted molar refractivity (Wildman–Crippen MR) is 106 cm³/mol. The van der Waals surface area contributed by atoms with Crippen molar-refractivity contribution in [2.75, 3.05) is 28.4 Å². The lowest BCUT2D eigenvalue weighted by atomic mass is 9.97. The third kappa shape index (κ3) is 3.22. The zero-order valence-electron chi connectivity index (χ0n) is 15.6. The van der Waals surface area contributed by atoms with E-state index < -0.39 is 0 Å². The highest BCUT2D eigenvalue weighted by atomic mass is 32.1. The van der Waals surface area contributed by atoms with Crippen LogP contribution in [0.3, 0.4) is 0 Å². The number of hydrogen-bond donors (Lipinski definition) is 0. The van der Waals surface area contributed by atoms with E-state index in [1.165, 1.54) is 0 Å². The number of benzene rings is 2. The summed E-state index contributed by atoms with van der Waals surface area (Å²) in [5.74, 6) is 2.77. The first kappa shape index (κ1) is 18.1. The molecule has 3 rings (SSSR count). The lowest BCUT2D eigenvalue weighted by Crippen LogP contribution is -1.95. The molecule has 0 bridgehead atoms. The predicted octanol–water partition coefficient (Wildman–Crippen LogP) is 5.42. The van der Waals surface area contributed by atoms with E-state index in [0.29, 0.717) is 17.2 Å². The van der Waals surface area contributed by atoms with Crippen LogP contribution in [0.2, 0.25) is 0 Å². The van der Waals surface area contributed by atoms with Crippen LogP contribution in [0.5, 0.6) is 23.0 Å². The molecule has 1 heterocycles. The van der Waals surface area contributed by atoms with Gasteiger partial charge in [-0.2, -0.15) is 11.3 Å². The third-order valence-electron chi connectivity index (χ3n) is 4.34. The molecule has 0 saturated heterocycles. The SMILES string of the molecule is COc1ccc(-c2cscc2-c2cc(OC)c(OC)c(OC)c2)cc1C. The summed E-state index contributed by atoms with van der Waals surface area (Å²) in [6.45, 7) is 2.05. The van der Waals surface area contributed by atoms with Gasteiger partial charge in [0.1, 0.15) is 5.75 Å². The highest BCUT2D eigenvalue weighted by Crippen LogP contribution is 2.44. The normalized spacial score (nSPS) is 10.5. The lowest BCUT2D eigenvalue weighted by Gasteiger charge is -2.15. The molecule has 136 valence electrons. The van der Waals surface area contributed by atoms with Crippen LogP contribution in [0.1, 0.15) is 5.56 Å². The maximum atomic E-state index is 5.49. The Kier molecular flexibility index (Phi) is 5.38. The van der Waals surface area contributed by atoms with Gasteiger partial charge in [0, 0.05) is 11.1 Å². The second-order valence-corrected chi connectivity index (χ2v) is 6.54. The van der Waals surface area contributed by atoms with E-state index in [-0.39, 0.29) is 0 Å². The lowest BCUT2D eigenvalue weighted by molar-refractivity contribution is 0.324. The Morgan fingerprint density at radius 2 is 1.23 bits per heavy atom. The maximum absolute atomic E-state index is 5.49. The van der Waals surface area contributed by atoms with Crippen molar-refractivity contribution in [3.63, 3.8) is 0 Å². The van der Waals surface area contributed by atoms with Crippen LogP contribution in [0, 0.1) is 6.92 Å². The van der Waals surface area contributed by atoms with Crippen LogP contribution in [-0.2, 0) is 0 Å². The van der Waals surface area contributed by atoms with Crippen LogP contribution in [-0.4, -0.2) is 28.4 Å². The molecule has 0 aliphatic rings. The van der Waals surface area contributed by atoms with Gasteiger partial charge in [-0.1, -0.05) is 6.07 Å². The summed E-state index contributed by atoms with van der Waals surface area (Å²) in [5, 5.41) is 4.29. The van der Waals surface area contributed by atoms with E-state index in [9.17, 15) is 0 Å². The minimum atomic E-state index is 0.593. The fraction of sp³-hybridized carbons (Fsp3) is 0.238. The summed E-state index contributed by atoms with van der Waals surface area (Å²) < 4.78 is 21.8. The number of methoxy groups -OCH3 is 4. The first-order valence-corrected chi connectivity index (χ1v) is 9.08. The molecular weight excluding hydrogens is 348 g/mol. The van der Waals surface area contributed by atoms with E-state index in [4.69, 9.17) is 18.9 Å². The Bertz CT molecular complexity index is 889. The van der Waals surface area contributed by atoms with Crippen molar-refractivity contribution < 1.29 is 18.9 Å². The van der Waals surface area contributed by atoms with Crippen LogP contribution in [0.4, 0.5) is 0 Å². The van der Waals surface area contributed by atoms with Gasteiger partial charge in [-0.15, -0.1) is 0 Å². The summed E-state index contributed by atoms with van der Waals surface area (Å²) in [6, 6.07) is 10.2. The summed E-state index contributed by atoms with van der Waals surface area (Å²) in [7, 11) is 6.55. The largest absolute Gasteiger partial charge is 0.496 e. The van der Waals surface area contributed by atoms with E-state index in [2.05, 4.69) is 22.9 Å². The summed E-state index contributed by atoms with van der Waals surface area (Å²) >= 11 is 1.66. The Labute approximate surface area is 157 Å². The van der Waals surface area contributed by atoms with Gasteiger partial charge in [-0.25, -0.2) is 0 Å². The molecule has 0 spiro atoms. The molecule has 3 aromatic rings. The van der Waals surface area contributed by atoms with Gasteiger partial charge in [-0.05, 0) is 58.6 Å². The average molecular weight is 370 g/mol. The summed E-state index contributed by atoms with van der Waals surface area (Å²) in [4.78, 5) is 0. The molecule has 0 atom stereocenters. The van der Waals surface area contributed by atoms with Gasteiger partial charge in [-0.3, -0.25) is 0 Å². The highest BCUT2D eigenvalue weighted by molar-refractivity contribution is 7.08. The molecule has 0 radical (unpaired) electrons. The second kappa shape index (κ2) is 7.70. The highest BCUT2D eigenvalue weighted by Gasteiger charge is 2.17.